The molecule has 2 N–H and O–H groups in total. The molecule has 94 valence electrons. The summed E-state index contributed by atoms with van der Waals surface area (Å²) in [6.45, 7) is 6.88. The minimum Gasteiger partial charge on any atom is -0.330 e. The Morgan fingerprint density at radius 3 is 2.35 bits per heavy atom. The second-order valence-corrected chi connectivity index (χ2v) is 5.09. The van der Waals surface area contributed by atoms with E-state index in [4.69, 9.17) is 5.73 Å². The predicted molar refractivity (Wildman–Crippen MR) is 72.1 cm³/mol. The summed E-state index contributed by atoms with van der Waals surface area (Å²) in [5.74, 6) is 0.758. The molecule has 0 aliphatic heterocycles. The van der Waals surface area contributed by atoms with Gasteiger partial charge >= 0.3 is 0 Å². The smallest absolute Gasteiger partial charge is 0.137 e. The van der Waals surface area contributed by atoms with Crippen LogP contribution >= 0.6 is 0 Å². The van der Waals surface area contributed by atoms with E-state index in [9.17, 15) is 4.79 Å². The number of Topliss-reactive ketones (excluding diaryl/α,β-unsaturated/α-hetero) is 1. The topological polar surface area (TPSA) is 43.1 Å². The van der Waals surface area contributed by atoms with E-state index in [1.807, 2.05) is 0 Å². The number of benzene rings is 1. The predicted octanol–water partition coefficient (Wildman–Crippen LogP) is 2.79. The lowest BCUT2D eigenvalue weighted by Crippen LogP contribution is -2.13. The molecule has 1 aromatic rings. The van der Waals surface area contributed by atoms with Gasteiger partial charge in [-0.1, -0.05) is 36.2 Å². The fourth-order valence-electron chi connectivity index (χ4n) is 2.01. The van der Waals surface area contributed by atoms with Crippen LogP contribution in [0, 0.1) is 19.8 Å². The van der Waals surface area contributed by atoms with Crippen LogP contribution in [0.25, 0.3) is 0 Å². The summed E-state index contributed by atoms with van der Waals surface area (Å²) >= 11 is 0. The Kier molecular flexibility index (Phi) is 5.36. The first-order chi connectivity index (χ1) is 8.01. The lowest BCUT2D eigenvalue weighted by Gasteiger charge is -2.08. The van der Waals surface area contributed by atoms with Gasteiger partial charge in [0.2, 0.25) is 0 Å². The van der Waals surface area contributed by atoms with Crippen LogP contribution in [0.15, 0.2) is 18.2 Å². The molecule has 0 fully saturated rings. The Hall–Kier alpha value is -1.15. The molecular weight excluding hydrogens is 210 g/mol. The van der Waals surface area contributed by atoms with Crippen molar-refractivity contribution in [2.45, 2.75) is 40.0 Å². The average molecular weight is 233 g/mol. The van der Waals surface area contributed by atoms with Gasteiger partial charge in [-0.3, -0.25) is 4.79 Å². The van der Waals surface area contributed by atoms with Gasteiger partial charge in [-0.25, -0.2) is 0 Å². The number of carbonyl (C=O) groups is 1. The van der Waals surface area contributed by atoms with Gasteiger partial charge in [0.15, 0.2) is 0 Å². The highest BCUT2D eigenvalue weighted by molar-refractivity contribution is 5.80. The lowest BCUT2D eigenvalue weighted by molar-refractivity contribution is -0.118. The van der Waals surface area contributed by atoms with Crippen LogP contribution in [-0.4, -0.2) is 12.3 Å². The highest BCUT2D eigenvalue weighted by Crippen LogP contribution is 2.12. The third kappa shape index (κ3) is 5.14. The molecule has 2 heteroatoms. The number of hydrogen-bond acceptors (Lipinski definition) is 2. The third-order valence-electron chi connectivity index (χ3n) is 3.00. The molecule has 1 unspecified atom stereocenters. The van der Waals surface area contributed by atoms with Crippen molar-refractivity contribution >= 4 is 5.78 Å². The van der Waals surface area contributed by atoms with Crippen LogP contribution in [0.1, 0.15) is 36.5 Å². The Morgan fingerprint density at radius 1 is 1.24 bits per heavy atom. The maximum Gasteiger partial charge on any atom is 0.137 e. The zero-order valence-corrected chi connectivity index (χ0v) is 11.1. The van der Waals surface area contributed by atoms with E-state index in [2.05, 4.69) is 39.0 Å². The van der Waals surface area contributed by atoms with Gasteiger partial charge < -0.3 is 5.73 Å². The fraction of sp³-hybridized carbons (Fsp3) is 0.533. The zero-order chi connectivity index (χ0) is 12.8. The number of rotatable bonds is 6. The third-order valence-corrected chi connectivity index (χ3v) is 3.00. The first kappa shape index (κ1) is 13.9. The van der Waals surface area contributed by atoms with Crippen molar-refractivity contribution < 1.29 is 4.79 Å². The lowest BCUT2D eigenvalue weighted by atomic mass is 9.98. The molecule has 0 radical (unpaired) electrons. The minimum atomic E-state index is 0.315. The van der Waals surface area contributed by atoms with Crippen molar-refractivity contribution in [2.75, 3.05) is 6.54 Å². The Balaban J connectivity index is 2.50. The summed E-state index contributed by atoms with van der Waals surface area (Å²) in [6, 6.07) is 6.32. The molecule has 0 aromatic heterocycles. The molecule has 0 saturated carbocycles. The number of hydrogen-bond donors (Lipinski definition) is 1. The molecule has 0 spiro atoms. The molecule has 1 aromatic carbocycles. The summed E-state index contributed by atoms with van der Waals surface area (Å²) in [5, 5.41) is 0. The molecule has 0 aliphatic rings. The van der Waals surface area contributed by atoms with E-state index in [-0.39, 0.29) is 0 Å². The van der Waals surface area contributed by atoms with Crippen molar-refractivity contribution in [2.24, 2.45) is 11.7 Å². The second kappa shape index (κ2) is 6.55. The van der Waals surface area contributed by atoms with Gasteiger partial charge in [-0.05, 0) is 38.3 Å². The van der Waals surface area contributed by atoms with Crippen molar-refractivity contribution in [3.8, 4) is 0 Å². The Morgan fingerprint density at radius 2 is 1.82 bits per heavy atom. The summed E-state index contributed by atoms with van der Waals surface area (Å²) < 4.78 is 0. The monoisotopic (exact) mass is 233 g/mol. The minimum absolute atomic E-state index is 0.315. The zero-order valence-electron chi connectivity index (χ0n) is 11.1. The first-order valence-corrected chi connectivity index (χ1v) is 6.30. The maximum absolute atomic E-state index is 11.8. The Bertz CT molecular complexity index is 364. The molecule has 1 rings (SSSR count). The van der Waals surface area contributed by atoms with Gasteiger partial charge in [0.25, 0.3) is 0 Å². The number of nitrogens with two attached hydrogens (primary N) is 1. The normalized spacial score (nSPS) is 12.5. The fourth-order valence-corrected chi connectivity index (χ4v) is 2.01. The van der Waals surface area contributed by atoms with Crippen molar-refractivity contribution in [3.05, 3.63) is 34.9 Å². The molecule has 0 bridgehead atoms. The molecule has 17 heavy (non-hydrogen) atoms. The summed E-state index contributed by atoms with van der Waals surface area (Å²) in [7, 11) is 0. The maximum atomic E-state index is 11.8. The first-order valence-electron chi connectivity index (χ1n) is 6.30. The molecule has 0 heterocycles. The van der Waals surface area contributed by atoms with Crippen molar-refractivity contribution in [1.82, 2.24) is 0 Å². The Labute approximate surface area is 104 Å². The van der Waals surface area contributed by atoms with Crippen LogP contribution in [0.3, 0.4) is 0 Å². The number of ketones is 1. The SMILES string of the molecule is Cc1cc(C)cc(CC(=O)CCC(C)CN)c1. The van der Waals surface area contributed by atoms with E-state index in [0.717, 1.165) is 12.0 Å². The molecule has 2 nitrogen and oxygen atoms in total. The summed E-state index contributed by atoms with van der Waals surface area (Å²) in [4.78, 5) is 11.8. The van der Waals surface area contributed by atoms with E-state index < -0.39 is 0 Å². The molecule has 0 amide bonds. The molecular formula is C15H23NO. The van der Waals surface area contributed by atoms with Crippen LogP contribution in [0.2, 0.25) is 0 Å². The summed E-state index contributed by atoms with van der Waals surface area (Å²) in [6.07, 6.45) is 2.10. The van der Waals surface area contributed by atoms with E-state index in [1.165, 1.54) is 11.1 Å². The van der Waals surface area contributed by atoms with Crippen molar-refractivity contribution in [3.63, 3.8) is 0 Å². The van der Waals surface area contributed by atoms with Crippen LogP contribution in [0.4, 0.5) is 0 Å². The van der Waals surface area contributed by atoms with E-state index in [0.29, 0.717) is 31.1 Å². The van der Waals surface area contributed by atoms with Crippen molar-refractivity contribution in [1.29, 1.82) is 0 Å². The standard InChI is InChI=1S/C15H23NO/c1-11(10-16)4-5-15(17)9-14-7-12(2)6-13(3)8-14/h6-8,11H,4-5,9-10,16H2,1-3H3. The highest BCUT2D eigenvalue weighted by atomic mass is 16.1. The highest BCUT2D eigenvalue weighted by Gasteiger charge is 2.07. The number of aryl methyl sites for hydroxylation is 2. The van der Waals surface area contributed by atoms with Crippen LogP contribution in [-0.2, 0) is 11.2 Å². The van der Waals surface area contributed by atoms with Crippen LogP contribution < -0.4 is 5.73 Å². The largest absolute Gasteiger partial charge is 0.330 e. The summed E-state index contributed by atoms with van der Waals surface area (Å²) in [5.41, 5.74) is 9.12. The molecule has 0 aliphatic carbocycles. The molecule has 0 saturated heterocycles. The van der Waals surface area contributed by atoms with Gasteiger partial charge in [0.05, 0.1) is 0 Å². The van der Waals surface area contributed by atoms with E-state index >= 15 is 0 Å². The van der Waals surface area contributed by atoms with Gasteiger partial charge in [-0.15, -0.1) is 0 Å². The number of carbonyl (C=O) groups excluding carboxylic acids is 1. The van der Waals surface area contributed by atoms with Gasteiger partial charge in [0, 0.05) is 12.8 Å². The average Bonchev–Trinajstić information content (AvgIpc) is 2.24. The van der Waals surface area contributed by atoms with Crippen LogP contribution in [0.5, 0.6) is 0 Å². The van der Waals surface area contributed by atoms with Gasteiger partial charge in [0.1, 0.15) is 5.78 Å². The van der Waals surface area contributed by atoms with E-state index in [1.54, 1.807) is 0 Å². The second-order valence-electron chi connectivity index (χ2n) is 5.09. The van der Waals surface area contributed by atoms with Gasteiger partial charge in [-0.2, -0.15) is 0 Å². The molecule has 1 atom stereocenters. The quantitative estimate of drug-likeness (QED) is 0.821.